The third-order valence-electron chi connectivity index (χ3n) is 2.76. The third-order valence-corrected chi connectivity index (χ3v) is 3.82. The number of carboxylic acids is 1. The van der Waals surface area contributed by atoms with Crippen LogP contribution < -0.4 is 0 Å². The molecule has 0 aliphatic carbocycles. The summed E-state index contributed by atoms with van der Waals surface area (Å²) in [5.41, 5.74) is 0.451. The summed E-state index contributed by atoms with van der Waals surface area (Å²) >= 11 is 1.39. The van der Waals surface area contributed by atoms with E-state index in [0.717, 1.165) is 4.90 Å². The highest BCUT2D eigenvalue weighted by atomic mass is 32.2. The molecule has 0 atom stereocenters. The topological polar surface area (TPSA) is 96.5 Å². The second kappa shape index (κ2) is 7.08. The first-order valence-corrected chi connectivity index (χ1v) is 7.44. The molecule has 0 radical (unpaired) electrons. The van der Waals surface area contributed by atoms with Crippen LogP contribution in [0.25, 0.3) is 0 Å². The number of likely N-dealkylation sites (N-methyl/N-ethyl adjacent to an activating group) is 1. The molecule has 8 heteroatoms. The monoisotopic (exact) mass is 321 g/mol. The lowest BCUT2D eigenvalue weighted by Crippen LogP contribution is -2.32. The fourth-order valence-corrected chi connectivity index (χ4v) is 2.67. The van der Waals surface area contributed by atoms with Crippen molar-refractivity contribution in [3.8, 4) is 0 Å². The quantitative estimate of drug-likeness (QED) is 0.811. The summed E-state index contributed by atoms with van der Waals surface area (Å²) in [6.45, 7) is 1.39. The third kappa shape index (κ3) is 4.08. The molecule has 2 aromatic rings. The predicted octanol–water partition coefficient (Wildman–Crippen LogP) is 1.83. The molecule has 2 rings (SSSR count). The molecule has 116 valence electrons. The van der Waals surface area contributed by atoms with Gasteiger partial charge in [0.1, 0.15) is 6.54 Å². The van der Waals surface area contributed by atoms with Crippen LogP contribution in [-0.4, -0.2) is 45.6 Å². The van der Waals surface area contributed by atoms with Crippen molar-refractivity contribution in [1.82, 2.24) is 15.0 Å². The molecule has 1 aromatic carbocycles. The molecule has 1 N–H and O–H groups in total. The zero-order valence-corrected chi connectivity index (χ0v) is 13.0. The summed E-state index contributed by atoms with van der Waals surface area (Å²) in [5.74, 6) is 0.0765. The van der Waals surface area contributed by atoms with Gasteiger partial charge in [0, 0.05) is 11.9 Å². The number of benzene rings is 1. The van der Waals surface area contributed by atoms with Crippen molar-refractivity contribution < 1.29 is 19.2 Å². The molecule has 1 aromatic heterocycles. The minimum Gasteiger partial charge on any atom is -0.480 e. The van der Waals surface area contributed by atoms with Gasteiger partial charge in [-0.1, -0.05) is 17.3 Å². The van der Waals surface area contributed by atoms with E-state index in [0.29, 0.717) is 23.0 Å². The van der Waals surface area contributed by atoms with Crippen LogP contribution >= 0.6 is 11.8 Å². The molecule has 0 bridgehead atoms. The van der Waals surface area contributed by atoms with E-state index >= 15 is 0 Å². The molecule has 22 heavy (non-hydrogen) atoms. The summed E-state index contributed by atoms with van der Waals surface area (Å²) in [7, 11) is 1.46. The Labute approximate surface area is 131 Å². The van der Waals surface area contributed by atoms with Gasteiger partial charge in [0.2, 0.25) is 5.89 Å². The average Bonchev–Trinajstić information content (AvgIpc) is 2.89. The van der Waals surface area contributed by atoms with E-state index in [9.17, 15) is 9.59 Å². The Hall–Kier alpha value is -2.35. The van der Waals surface area contributed by atoms with Gasteiger partial charge in [-0.15, -0.1) is 11.8 Å². The lowest BCUT2D eigenvalue weighted by molar-refractivity contribution is -0.137. The van der Waals surface area contributed by atoms with Crippen LogP contribution in [0.5, 0.6) is 0 Å². The first-order valence-electron chi connectivity index (χ1n) is 6.45. The smallest absolute Gasteiger partial charge is 0.323 e. The van der Waals surface area contributed by atoms with E-state index < -0.39 is 5.97 Å². The molecule has 0 spiro atoms. The second-order valence-corrected chi connectivity index (χ2v) is 5.59. The van der Waals surface area contributed by atoms with Crippen molar-refractivity contribution in [1.29, 1.82) is 0 Å². The number of carbonyl (C=O) groups is 2. The van der Waals surface area contributed by atoms with Crippen molar-refractivity contribution in [3.05, 3.63) is 41.5 Å². The summed E-state index contributed by atoms with van der Waals surface area (Å²) in [6, 6.07) is 7.02. The Balaban J connectivity index is 2.12. The van der Waals surface area contributed by atoms with Crippen molar-refractivity contribution in [3.63, 3.8) is 0 Å². The minimum absolute atomic E-state index is 0.341. The SMILES string of the molecule is Cc1noc(CSc2ccccc2C(=O)N(C)CC(=O)O)n1. The zero-order valence-electron chi connectivity index (χ0n) is 12.1. The maximum atomic E-state index is 12.3. The van der Waals surface area contributed by atoms with Gasteiger partial charge in [-0.3, -0.25) is 9.59 Å². The van der Waals surface area contributed by atoms with Gasteiger partial charge in [0.15, 0.2) is 5.82 Å². The molecule has 1 heterocycles. The fraction of sp³-hybridized carbons (Fsp3) is 0.286. The summed E-state index contributed by atoms with van der Waals surface area (Å²) in [4.78, 5) is 29.0. The zero-order chi connectivity index (χ0) is 16.1. The van der Waals surface area contributed by atoms with Crippen molar-refractivity contribution in [2.45, 2.75) is 17.6 Å². The van der Waals surface area contributed by atoms with E-state index in [1.807, 2.05) is 6.07 Å². The summed E-state index contributed by atoms with van der Waals surface area (Å²) in [6.07, 6.45) is 0. The number of aryl methyl sites for hydroxylation is 1. The van der Waals surface area contributed by atoms with E-state index in [1.165, 1.54) is 23.7 Å². The maximum absolute atomic E-state index is 12.3. The first kappa shape index (κ1) is 16.0. The Kier molecular flexibility index (Phi) is 5.16. The molecule has 0 saturated carbocycles. The number of amides is 1. The standard InChI is InChI=1S/C14H15N3O4S/c1-9-15-12(21-16-9)8-22-11-6-4-3-5-10(11)14(20)17(2)7-13(18)19/h3-6H,7-8H2,1-2H3,(H,18,19). The van der Waals surface area contributed by atoms with E-state index in [4.69, 9.17) is 9.63 Å². The molecule has 0 aliphatic rings. The Bertz CT molecular complexity index is 686. The van der Waals surface area contributed by atoms with Crippen LogP contribution in [0.4, 0.5) is 0 Å². The van der Waals surface area contributed by atoms with Gasteiger partial charge < -0.3 is 14.5 Å². The van der Waals surface area contributed by atoms with Crippen LogP contribution in [0.1, 0.15) is 22.1 Å². The number of thioether (sulfide) groups is 1. The Morgan fingerprint density at radius 3 is 2.73 bits per heavy atom. The molecule has 0 aliphatic heterocycles. The van der Waals surface area contributed by atoms with Crippen molar-refractivity contribution >= 4 is 23.6 Å². The maximum Gasteiger partial charge on any atom is 0.323 e. The van der Waals surface area contributed by atoms with Crippen LogP contribution in [0.15, 0.2) is 33.7 Å². The molecule has 0 saturated heterocycles. The largest absolute Gasteiger partial charge is 0.480 e. The number of aromatic nitrogens is 2. The Morgan fingerprint density at radius 2 is 2.09 bits per heavy atom. The molecule has 0 fully saturated rings. The lowest BCUT2D eigenvalue weighted by atomic mass is 10.2. The van der Waals surface area contributed by atoms with Gasteiger partial charge in [-0.05, 0) is 19.1 Å². The average molecular weight is 321 g/mol. The van der Waals surface area contributed by atoms with Gasteiger partial charge in [0.25, 0.3) is 5.91 Å². The van der Waals surface area contributed by atoms with Gasteiger partial charge in [-0.2, -0.15) is 4.98 Å². The molecule has 0 unspecified atom stereocenters. The molecular formula is C14H15N3O4S. The molecular weight excluding hydrogens is 306 g/mol. The Morgan fingerprint density at radius 1 is 1.36 bits per heavy atom. The van der Waals surface area contributed by atoms with E-state index in [-0.39, 0.29) is 12.5 Å². The van der Waals surface area contributed by atoms with Gasteiger partial charge >= 0.3 is 5.97 Å². The van der Waals surface area contributed by atoms with Crippen LogP contribution in [0, 0.1) is 6.92 Å². The normalized spacial score (nSPS) is 10.5. The molecule has 1 amide bonds. The van der Waals surface area contributed by atoms with Crippen LogP contribution in [0.3, 0.4) is 0 Å². The number of carboxylic acid groups (broad SMARTS) is 1. The summed E-state index contributed by atoms with van der Waals surface area (Å²) < 4.78 is 5.03. The number of hydrogen-bond donors (Lipinski definition) is 1. The van der Waals surface area contributed by atoms with Crippen molar-refractivity contribution in [2.24, 2.45) is 0 Å². The van der Waals surface area contributed by atoms with Crippen molar-refractivity contribution in [2.75, 3.05) is 13.6 Å². The van der Waals surface area contributed by atoms with E-state index in [2.05, 4.69) is 10.1 Å². The second-order valence-electron chi connectivity index (χ2n) is 4.58. The molecule has 7 nitrogen and oxygen atoms in total. The minimum atomic E-state index is -1.05. The number of aliphatic carboxylic acids is 1. The number of nitrogens with zero attached hydrogens (tertiary/aromatic N) is 3. The van der Waals surface area contributed by atoms with Crippen LogP contribution in [0.2, 0.25) is 0 Å². The lowest BCUT2D eigenvalue weighted by Gasteiger charge is -2.16. The van der Waals surface area contributed by atoms with Crippen LogP contribution in [-0.2, 0) is 10.5 Å². The highest BCUT2D eigenvalue weighted by Gasteiger charge is 2.18. The van der Waals surface area contributed by atoms with Gasteiger partial charge in [0.05, 0.1) is 11.3 Å². The van der Waals surface area contributed by atoms with Gasteiger partial charge in [-0.25, -0.2) is 0 Å². The highest BCUT2D eigenvalue weighted by molar-refractivity contribution is 7.98. The predicted molar refractivity (Wildman–Crippen MR) is 79.6 cm³/mol. The fourth-order valence-electron chi connectivity index (χ4n) is 1.79. The number of rotatable bonds is 6. The number of carbonyl (C=O) groups excluding carboxylic acids is 1. The highest BCUT2D eigenvalue weighted by Crippen LogP contribution is 2.26. The first-order chi connectivity index (χ1) is 10.5. The van der Waals surface area contributed by atoms with E-state index in [1.54, 1.807) is 25.1 Å². The number of hydrogen-bond acceptors (Lipinski definition) is 6. The summed E-state index contributed by atoms with van der Waals surface area (Å²) in [5, 5.41) is 12.5.